The predicted octanol–water partition coefficient (Wildman–Crippen LogP) is 1.62. The van der Waals surface area contributed by atoms with E-state index in [4.69, 9.17) is 0 Å². The van der Waals surface area contributed by atoms with Gasteiger partial charge in [-0.1, -0.05) is 0 Å². The van der Waals surface area contributed by atoms with E-state index in [-0.39, 0.29) is 0 Å². The fourth-order valence-corrected chi connectivity index (χ4v) is 1.86. The van der Waals surface area contributed by atoms with Gasteiger partial charge in [0.15, 0.2) is 5.82 Å². The molecule has 0 saturated heterocycles. The van der Waals surface area contributed by atoms with Crippen LogP contribution in [0.3, 0.4) is 0 Å². The summed E-state index contributed by atoms with van der Waals surface area (Å²) in [7, 11) is 0. The van der Waals surface area contributed by atoms with E-state index in [1.165, 1.54) is 0 Å². The maximum absolute atomic E-state index is 4.44. The number of hydrogen-bond acceptors (Lipinski definition) is 6. The average Bonchev–Trinajstić information content (AvgIpc) is 2.97. The molecule has 0 radical (unpaired) electrons. The second-order valence-electron chi connectivity index (χ2n) is 4.55. The Morgan fingerprint density at radius 3 is 2.95 bits per heavy atom. The number of aromatic nitrogens is 6. The highest BCUT2D eigenvalue weighted by Crippen LogP contribution is 2.12. The lowest BCUT2D eigenvalue weighted by molar-refractivity contribution is 0.888. The normalized spacial score (nSPS) is 10.5. The van der Waals surface area contributed by atoms with Gasteiger partial charge in [0.25, 0.3) is 0 Å². The molecule has 0 amide bonds. The first-order chi connectivity index (χ1) is 10.3. The van der Waals surface area contributed by atoms with Crippen LogP contribution in [0.5, 0.6) is 0 Å². The number of nitrogens with one attached hydrogen (secondary N) is 2. The lowest BCUT2D eigenvalue weighted by Gasteiger charge is -2.02. The van der Waals surface area contributed by atoms with Crippen LogP contribution in [0.15, 0.2) is 36.8 Å². The molecule has 7 heteroatoms. The molecule has 3 aromatic heterocycles. The average molecular weight is 281 g/mol. The molecule has 0 unspecified atom stereocenters. The van der Waals surface area contributed by atoms with Crippen LogP contribution < -0.4 is 5.32 Å². The lowest BCUT2D eigenvalue weighted by atomic mass is 10.3. The molecule has 0 aliphatic rings. The Balaban J connectivity index is 1.58. The minimum Gasteiger partial charge on any atom is -0.354 e. The number of anilines is 1. The molecule has 0 bridgehead atoms. The van der Waals surface area contributed by atoms with Crippen molar-refractivity contribution < 1.29 is 0 Å². The topological polar surface area (TPSA) is 92.3 Å². The van der Waals surface area contributed by atoms with Crippen LogP contribution in [0.2, 0.25) is 0 Å². The summed E-state index contributed by atoms with van der Waals surface area (Å²) < 4.78 is 0. The maximum Gasteiger partial charge on any atom is 0.222 e. The van der Waals surface area contributed by atoms with Crippen molar-refractivity contribution >= 4 is 5.95 Å². The standard InChI is InChI=1S/C14H15N7/c1-10-4-7-16-14(18-10)17-8-5-12-19-13(21-20-12)11-3-2-6-15-9-11/h2-4,6-7,9H,5,8H2,1H3,(H,16,17,18)(H,19,20,21). The Morgan fingerprint density at radius 1 is 1.19 bits per heavy atom. The van der Waals surface area contributed by atoms with Gasteiger partial charge in [0.05, 0.1) is 0 Å². The fourth-order valence-electron chi connectivity index (χ4n) is 1.86. The van der Waals surface area contributed by atoms with Crippen LogP contribution in [0, 0.1) is 6.92 Å². The molecule has 0 aromatic carbocycles. The second kappa shape index (κ2) is 6.08. The zero-order chi connectivity index (χ0) is 14.5. The fraction of sp³-hybridized carbons (Fsp3) is 0.214. The third kappa shape index (κ3) is 3.38. The smallest absolute Gasteiger partial charge is 0.222 e. The number of aromatic amines is 1. The monoisotopic (exact) mass is 281 g/mol. The molecule has 3 rings (SSSR count). The van der Waals surface area contributed by atoms with E-state index in [1.807, 2.05) is 25.1 Å². The molecule has 0 saturated carbocycles. The van der Waals surface area contributed by atoms with E-state index in [9.17, 15) is 0 Å². The van der Waals surface area contributed by atoms with Gasteiger partial charge in [-0.05, 0) is 25.1 Å². The Morgan fingerprint density at radius 2 is 2.14 bits per heavy atom. The molecular formula is C14H15N7. The molecule has 0 fully saturated rings. The zero-order valence-electron chi connectivity index (χ0n) is 11.6. The van der Waals surface area contributed by atoms with Crippen LogP contribution in [0.4, 0.5) is 5.95 Å². The molecule has 3 aromatic rings. The second-order valence-corrected chi connectivity index (χ2v) is 4.55. The first-order valence-electron chi connectivity index (χ1n) is 6.66. The van der Waals surface area contributed by atoms with Gasteiger partial charge in [0, 0.05) is 42.8 Å². The summed E-state index contributed by atoms with van der Waals surface area (Å²) in [5.74, 6) is 2.10. The minimum absolute atomic E-state index is 0.627. The summed E-state index contributed by atoms with van der Waals surface area (Å²) in [6.07, 6.45) is 5.92. The quantitative estimate of drug-likeness (QED) is 0.738. The predicted molar refractivity (Wildman–Crippen MR) is 78.6 cm³/mol. The lowest BCUT2D eigenvalue weighted by Crippen LogP contribution is -2.09. The van der Waals surface area contributed by atoms with Gasteiger partial charge in [-0.2, -0.15) is 5.10 Å². The molecule has 0 aliphatic heterocycles. The molecule has 0 spiro atoms. The number of nitrogens with zero attached hydrogens (tertiary/aromatic N) is 5. The number of pyridine rings is 1. The molecule has 0 aliphatic carbocycles. The van der Waals surface area contributed by atoms with Gasteiger partial charge in [-0.3, -0.25) is 10.1 Å². The largest absolute Gasteiger partial charge is 0.354 e. The zero-order valence-corrected chi connectivity index (χ0v) is 11.6. The number of aryl methyl sites for hydroxylation is 1. The van der Waals surface area contributed by atoms with E-state index in [1.54, 1.807) is 18.6 Å². The highest BCUT2D eigenvalue weighted by molar-refractivity contribution is 5.52. The van der Waals surface area contributed by atoms with Crippen molar-refractivity contribution in [3.8, 4) is 11.4 Å². The van der Waals surface area contributed by atoms with Crippen molar-refractivity contribution in [3.05, 3.63) is 48.3 Å². The highest BCUT2D eigenvalue weighted by atomic mass is 15.2. The highest BCUT2D eigenvalue weighted by Gasteiger charge is 2.05. The Labute approximate surface area is 121 Å². The minimum atomic E-state index is 0.627. The molecule has 106 valence electrons. The van der Waals surface area contributed by atoms with E-state index in [0.717, 1.165) is 17.1 Å². The van der Waals surface area contributed by atoms with Crippen molar-refractivity contribution in [1.82, 2.24) is 30.1 Å². The van der Waals surface area contributed by atoms with Crippen molar-refractivity contribution in [3.63, 3.8) is 0 Å². The van der Waals surface area contributed by atoms with Crippen molar-refractivity contribution in [2.75, 3.05) is 11.9 Å². The Kier molecular flexibility index (Phi) is 3.81. The van der Waals surface area contributed by atoms with E-state index >= 15 is 0 Å². The summed E-state index contributed by atoms with van der Waals surface area (Å²) in [4.78, 5) is 16.9. The van der Waals surface area contributed by atoms with Crippen LogP contribution in [-0.2, 0) is 6.42 Å². The van der Waals surface area contributed by atoms with Crippen molar-refractivity contribution in [1.29, 1.82) is 0 Å². The number of hydrogen-bond donors (Lipinski definition) is 2. The third-order valence-electron chi connectivity index (χ3n) is 2.89. The third-order valence-corrected chi connectivity index (χ3v) is 2.89. The van der Waals surface area contributed by atoms with Crippen molar-refractivity contribution in [2.24, 2.45) is 0 Å². The summed E-state index contributed by atoms with van der Waals surface area (Å²) in [5.41, 5.74) is 1.83. The first kappa shape index (κ1) is 13.2. The summed E-state index contributed by atoms with van der Waals surface area (Å²) in [6, 6.07) is 5.66. The van der Waals surface area contributed by atoms with Gasteiger partial charge in [-0.15, -0.1) is 0 Å². The summed E-state index contributed by atoms with van der Waals surface area (Å²) in [6.45, 7) is 2.62. The van der Waals surface area contributed by atoms with Crippen molar-refractivity contribution in [2.45, 2.75) is 13.3 Å². The maximum atomic E-state index is 4.44. The molecule has 21 heavy (non-hydrogen) atoms. The van der Waals surface area contributed by atoms with Crippen LogP contribution in [0.1, 0.15) is 11.5 Å². The van der Waals surface area contributed by atoms with Gasteiger partial charge in [0.1, 0.15) is 5.82 Å². The SMILES string of the molecule is Cc1ccnc(NCCc2nc(-c3cccnc3)n[nH]2)n1. The molecule has 2 N–H and O–H groups in total. The summed E-state index contributed by atoms with van der Waals surface area (Å²) in [5, 5.41) is 10.3. The van der Waals surface area contributed by atoms with E-state index in [0.29, 0.717) is 24.7 Å². The van der Waals surface area contributed by atoms with E-state index < -0.39 is 0 Å². The van der Waals surface area contributed by atoms with Crippen LogP contribution in [-0.4, -0.2) is 36.7 Å². The molecular weight excluding hydrogens is 266 g/mol. The molecule has 3 heterocycles. The van der Waals surface area contributed by atoms with E-state index in [2.05, 4.69) is 35.5 Å². The van der Waals surface area contributed by atoms with Crippen LogP contribution in [0.25, 0.3) is 11.4 Å². The van der Waals surface area contributed by atoms with Crippen LogP contribution >= 0.6 is 0 Å². The first-order valence-corrected chi connectivity index (χ1v) is 6.66. The Bertz CT molecular complexity index is 708. The van der Waals surface area contributed by atoms with Gasteiger partial charge < -0.3 is 5.32 Å². The van der Waals surface area contributed by atoms with Gasteiger partial charge >= 0.3 is 0 Å². The molecule has 7 nitrogen and oxygen atoms in total. The van der Waals surface area contributed by atoms with Gasteiger partial charge in [0.2, 0.25) is 5.95 Å². The Hall–Kier alpha value is -2.83. The van der Waals surface area contributed by atoms with Gasteiger partial charge in [-0.25, -0.2) is 15.0 Å². The summed E-state index contributed by atoms with van der Waals surface area (Å²) >= 11 is 0. The number of H-pyrrole nitrogens is 1. The number of rotatable bonds is 5. The molecule has 0 atom stereocenters.